The molecule has 0 aromatic heterocycles. The molecular formula is C34H39NO6. The molecule has 0 radical (unpaired) electrons. The Hall–Kier alpha value is -4.26. The summed E-state index contributed by atoms with van der Waals surface area (Å²) in [5, 5.41) is 10.7. The van der Waals surface area contributed by atoms with Crippen molar-refractivity contribution in [3.8, 4) is 11.5 Å². The Bertz CT molecular complexity index is 1260. The lowest BCUT2D eigenvalue weighted by atomic mass is 10.1. The van der Waals surface area contributed by atoms with Gasteiger partial charge >= 0.3 is 5.97 Å². The Balaban J connectivity index is 1.36. The second kappa shape index (κ2) is 17.4. The molecule has 0 amide bonds. The Labute approximate surface area is 242 Å². The number of hydrogen-bond donors (Lipinski definition) is 0. The van der Waals surface area contributed by atoms with E-state index in [9.17, 15) is 19.7 Å². The van der Waals surface area contributed by atoms with Crippen LogP contribution in [-0.2, 0) is 0 Å². The van der Waals surface area contributed by atoms with E-state index in [1.807, 2.05) is 0 Å². The lowest BCUT2D eigenvalue weighted by Crippen LogP contribution is -2.08. The summed E-state index contributed by atoms with van der Waals surface area (Å²) < 4.78 is 11.3. The van der Waals surface area contributed by atoms with Gasteiger partial charge in [-0.2, -0.15) is 0 Å². The Kier molecular flexibility index (Phi) is 13.3. The molecule has 0 saturated carbocycles. The average Bonchev–Trinajstić information content (AvgIpc) is 2.99. The summed E-state index contributed by atoms with van der Waals surface area (Å²) in [5.41, 5.74) is 1.49. The largest absolute Gasteiger partial charge is 0.494 e. The van der Waals surface area contributed by atoms with Gasteiger partial charge in [0.25, 0.3) is 5.69 Å². The molecule has 7 heteroatoms. The fourth-order valence-electron chi connectivity index (χ4n) is 4.30. The summed E-state index contributed by atoms with van der Waals surface area (Å²) in [6.45, 7) is 2.91. The maximum Gasteiger partial charge on any atom is 0.343 e. The quantitative estimate of drug-likeness (QED) is 0.0294. The van der Waals surface area contributed by atoms with E-state index in [1.165, 1.54) is 76.0 Å². The summed E-state index contributed by atoms with van der Waals surface area (Å²) in [6.07, 6.45) is 15.8. The number of benzene rings is 3. The zero-order valence-corrected chi connectivity index (χ0v) is 23.8. The predicted octanol–water partition coefficient (Wildman–Crippen LogP) is 9.01. The minimum atomic E-state index is -0.497. The van der Waals surface area contributed by atoms with Gasteiger partial charge in [0.1, 0.15) is 11.5 Å². The Morgan fingerprint density at radius 3 is 1.83 bits per heavy atom. The molecule has 3 aromatic carbocycles. The van der Waals surface area contributed by atoms with E-state index >= 15 is 0 Å². The van der Waals surface area contributed by atoms with Gasteiger partial charge in [-0.25, -0.2) is 4.79 Å². The van der Waals surface area contributed by atoms with Crippen molar-refractivity contribution < 1.29 is 24.0 Å². The maximum atomic E-state index is 12.5. The summed E-state index contributed by atoms with van der Waals surface area (Å²) in [7, 11) is 0. The van der Waals surface area contributed by atoms with Crippen LogP contribution in [0.4, 0.5) is 5.69 Å². The van der Waals surface area contributed by atoms with Crippen LogP contribution in [-0.4, -0.2) is 23.3 Å². The number of non-ortho nitro benzene ring substituents is 1. The molecule has 0 atom stereocenters. The number of nitro groups is 1. The number of hydrogen-bond acceptors (Lipinski definition) is 6. The van der Waals surface area contributed by atoms with E-state index in [1.54, 1.807) is 66.7 Å². The molecule has 41 heavy (non-hydrogen) atoms. The van der Waals surface area contributed by atoms with E-state index in [4.69, 9.17) is 9.47 Å². The molecule has 0 saturated heterocycles. The molecule has 0 spiro atoms. The normalized spacial score (nSPS) is 11.0. The molecule has 0 N–H and O–H groups in total. The van der Waals surface area contributed by atoms with Crippen molar-refractivity contribution in [1.29, 1.82) is 0 Å². The van der Waals surface area contributed by atoms with Crippen molar-refractivity contribution in [2.45, 2.75) is 71.1 Å². The molecule has 0 aliphatic heterocycles. The number of carbonyl (C=O) groups is 2. The van der Waals surface area contributed by atoms with Crippen molar-refractivity contribution >= 4 is 23.5 Å². The zero-order chi connectivity index (χ0) is 29.3. The maximum absolute atomic E-state index is 12.5. The summed E-state index contributed by atoms with van der Waals surface area (Å²) in [4.78, 5) is 35.3. The van der Waals surface area contributed by atoms with Crippen molar-refractivity contribution in [3.05, 3.63) is 106 Å². The van der Waals surface area contributed by atoms with Gasteiger partial charge in [0.15, 0.2) is 5.78 Å². The number of unbranched alkanes of at least 4 members (excludes halogenated alkanes) is 9. The van der Waals surface area contributed by atoms with Gasteiger partial charge in [0.2, 0.25) is 0 Å². The highest BCUT2D eigenvalue weighted by Gasteiger charge is 2.10. The third-order valence-corrected chi connectivity index (χ3v) is 6.74. The van der Waals surface area contributed by atoms with Gasteiger partial charge < -0.3 is 9.47 Å². The van der Waals surface area contributed by atoms with Crippen molar-refractivity contribution in [2.24, 2.45) is 0 Å². The van der Waals surface area contributed by atoms with Crippen LogP contribution in [0.1, 0.15) is 97.4 Å². The van der Waals surface area contributed by atoms with Crippen LogP contribution in [0.5, 0.6) is 11.5 Å². The smallest absolute Gasteiger partial charge is 0.343 e. The van der Waals surface area contributed by atoms with E-state index in [2.05, 4.69) is 6.92 Å². The van der Waals surface area contributed by atoms with Gasteiger partial charge in [0.05, 0.1) is 17.1 Å². The molecular weight excluding hydrogens is 518 g/mol. The molecule has 0 aliphatic rings. The third kappa shape index (κ3) is 11.4. The topological polar surface area (TPSA) is 95.7 Å². The van der Waals surface area contributed by atoms with Gasteiger partial charge in [-0.1, -0.05) is 70.8 Å². The van der Waals surface area contributed by atoms with E-state index in [-0.39, 0.29) is 11.5 Å². The average molecular weight is 558 g/mol. The lowest BCUT2D eigenvalue weighted by molar-refractivity contribution is -0.384. The number of carbonyl (C=O) groups excluding carboxylic acids is 2. The minimum absolute atomic E-state index is 0.0116. The molecule has 3 aromatic rings. The number of nitrogens with zero attached hydrogens (tertiary/aromatic N) is 1. The summed E-state index contributed by atoms with van der Waals surface area (Å²) in [6, 6.07) is 19.1. The van der Waals surface area contributed by atoms with Gasteiger partial charge in [-0.05, 0) is 78.7 Å². The van der Waals surface area contributed by atoms with Gasteiger partial charge in [0, 0.05) is 17.7 Å². The second-order valence-corrected chi connectivity index (χ2v) is 10.0. The predicted molar refractivity (Wildman–Crippen MR) is 162 cm³/mol. The van der Waals surface area contributed by atoms with Crippen molar-refractivity contribution in [1.82, 2.24) is 0 Å². The molecule has 0 aliphatic carbocycles. The summed E-state index contributed by atoms with van der Waals surface area (Å²) in [5.74, 6) is 0.312. The van der Waals surface area contributed by atoms with E-state index < -0.39 is 10.9 Å². The number of esters is 1. The monoisotopic (exact) mass is 557 g/mol. The first kappa shape index (κ1) is 31.3. The van der Waals surface area contributed by atoms with Crippen LogP contribution in [0.15, 0.2) is 78.9 Å². The SMILES string of the molecule is CCCCCCCCCCCCOc1ccc(C(=O)Oc2ccc(C(=O)/C=C/c3ccc([N+](=O)[O-])cc3)cc2)cc1. The molecule has 0 fully saturated rings. The standard InChI is InChI=1S/C34H39NO6/c1-2-3-4-5-6-7-8-9-10-11-26-40-31-21-17-29(18-22-31)34(37)41-32-23-15-28(16-24-32)33(36)25-14-27-12-19-30(20-13-27)35(38)39/h12-25H,2-11,26H2,1H3/b25-14+. The van der Waals surface area contributed by atoms with Crippen LogP contribution < -0.4 is 9.47 Å². The first-order chi connectivity index (χ1) is 20.0. The zero-order valence-electron chi connectivity index (χ0n) is 23.8. The summed E-state index contributed by atoms with van der Waals surface area (Å²) >= 11 is 0. The van der Waals surface area contributed by atoms with Crippen LogP contribution >= 0.6 is 0 Å². The lowest BCUT2D eigenvalue weighted by Gasteiger charge is -2.08. The number of nitro benzene ring substituents is 1. The fraction of sp³-hybridized carbons (Fsp3) is 0.353. The van der Waals surface area contributed by atoms with Gasteiger partial charge in [-0.3, -0.25) is 14.9 Å². The number of rotatable bonds is 18. The van der Waals surface area contributed by atoms with Crippen LogP contribution in [0.25, 0.3) is 6.08 Å². The Morgan fingerprint density at radius 2 is 1.24 bits per heavy atom. The van der Waals surface area contributed by atoms with Crippen molar-refractivity contribution in [3.63, 3.8) is 0 Å². The minimum Gasteiger partial charge on any atom is -0.494 e. The molecule has 216 valence electrons. The first-order valence-electron chi connectivity index (χ1n) is 14.5. The van der Waals surface area contributed by atoms with Crippen molar-refractivity contribution in [2.75, 3.05) is 6.61 Å². The van der Waals surface area contributed by atoms with E-state index in [0.29, 0.717) is 29.0 Å². The molecule has 0 heterocycles. The third-order valence-electron chi connectivity index (χ3n) is 6.74. The second-order valence-electron chi connectivity index (χ2n) is 10.0. The number of allylic oxidation sites excluding steroid dienone is 1. The fourth-order valence-corrected chi connectivity index (χ4v) is 4.30. The van der Waals surface area contributed by atoms with Crippen LogP contribution in [0, 0.1) is 10.1 Å². The number of ketones is 1. The van der Waals surface area contributed by atoms with Crippen LogP contribution in [0.2, 0.25) is 0 Å². The highest BCUT2D eigenvalue weighted by molar-refractivity contribution is 6.06. The highest BCUT2D eigenvalue weighted by Crippen LogP contribution is 2.19. The Morgan fingerprint density at radius 1 is 0.707 bits per heavy atom. The first-order valence-corrected chi connectivity index (χ1v) is 14.5. The highest BCUT2D eigenvalue weighted by atomic mass is 16.6. The molecule has 3 rings (SSSR count). The van der Waals surface area contributed by atoms with Gasteiger partial charge in [-0.15, -0.1) is 0 Å². The number of ether oxygens (including phenoxy) is 2. The van der Waals surface area contributed by atoms with Crippen LogP contribution in [0.3, 0.4) is 0 Å². The van der Waals surface area contributed by atoms with E-state index in [0.717, 1.165) is 12.2 Å². The molecule has 7 nitrogen and oxygen atoms in total. The molecule has 0 unspecified atom stereocenters. The molecule has 0 bridgehead atoms.